The zero-order chi connectivity index (χ0) is 12.2. The highest BCUT2D eigenvalue weighted by Gasteiger charge is 2.20. The summed E-state index contributed by atoms with van der Waals surface area (Å²) in [4.78, 5) is 0.355. The maximum Gasteiger partial charge on any atom is 0.243 e. The van der Waals surface area contributed by atoms with Gasteiger partial charge in [-0.1, -0.05) is 26.0 Å². The van der Waals surface area contributed by atoms with E-state index in [0.29, 0.717) is 24.5 Å². The van der Waals surface area contributed by atoms with Crippen LogP contribution in [0.1, 0.15) is 19.4 Å². The molecule has 0 fully saturated rings. The highest BCUT2D eigenvalue weighted by atomic mass is 32.2. The van der Waals surface area contributed by atoms with E-state index in [1.165, 1.54) is 4.31 Å². The van der Waals surface area contributed by atoms with Gasteiger partial charge >= 0.3 is 0 Å². The lowest BCUT2D eigenvalue weighted by molar-refractivity contribution is -0.386. The summed E-state index contributed by atoms with van der Waals surface area (Å²) in [6.07, 6.45) is 0. The van der Waals surface area contributed by atoms with Crippen LogP contribution in [0.15, 0.2) is 29.2 Å². The third-order valence-corrected chi connectivity index (χ3v) is 4.62. The highest BCUT2D eigenvalue weighted by molar-refractivity contribution is 7.89. The lowest BCUT2D eigenvalue weighted by Gasteiger charge is -2.18. The van der Waals surface area contributed by atoms with Crippen molar-refractivity contribution < 1.29 is 14.2 Å². The van der Waals surface area contributed by atoms with E-state index in [0.717, 1.165) is 5.56 Å². The average Bonchev–Trinajstić information content (AvgIpc) is 2.30. The Bertz CT molecular complexity index is 422. The molecule has 90 valence electrons. The third-order valence-electron chi connectivity index (χ3n) is 2.56. The molecule has 4 nitrogen and oxygen atoms in total. The molecule has 1 aromatic carbocycles. The predicted octanol–water partition coefficient (Wildman–Crippen LogP) is 0.459. The highest BCUT2D eigenvalue weighted by Crippen LogP contribution is 2.15. The van der Waals surface area contributed by atoms with Crippen LogP contribution in [0.2, 0.25) is 0 Å². The first-order chi connectivity index (χ1) is 7.56. The van der Waals surface area contributed by atoms with Crippen LogP contribution in [0, 0.1) is 0 Å². The van der Waals surface area contributed by atoms with Crippen LogP contribution in [0.4, 0.5) is 0 Å². The smallest absolute Gasteiger partial charge is 0.243 e. The fourth-order valence-electron chi connectivity index (χ4n) is 1.54. The Morgan fingerprint density at radius 1 is 1.12 bits per heavy atom. The first-order valence-electron chi connectivity index (χ1n) is 5.44. The molecule has 1 rings (SSSR count). The molecule has 0 unspecified atom stereocenters. The van der Waals surface area contributed by atoms with Crippen molar-refractivity contribution in [3.05, 3.63) is 29.8 Å². The molecular weight excluding hydrogens is 224 g/mol. The molecule has 1 aromatic rings. The van der Waals surface area contributed by atoms with Gasteiger partial charge in [0.25, 0.3) is 0 Å². The number of sulfonamides is 1. The standard InChI is InChI=1S/C11H18N2O2S/c1-3-13(4-2)16(14,15)11-7-5-10(9-12)6-8-11/h5-8H,3-4,9,12H2,1-2H3/p+1. The van der Waals surface area contributed by atoms with Crippen molar-refractivity contribution in [2.24, 2.45) is 0 Å². The molecule has 0 aliphatic carbocycles. The van der Waals surface area contributed by atoms with Crippen molar-refractivity contribution in [2.75, 3.05) is 13.1 Å². The van der Waals surface area contributed by atoms with Crippen LogP contribution in [0.5, 0.6) is 0 Å². The first kappa shape index (κ1) is 13.2. The maximum atomic E-state index is 12.1. The number of quaternary nitrogens is 1. The Morgan fingerprint density at radius 2 is 1.62 bits per heavy atom. The van der Waals surface area contributed by atoms with Gasteiger partial charge in [0, 0.05) is 18.7 Å². The van der Waals surface area contributed by atoms with Crippen LogP contribution >= 0.6 is 0 Å². The van der Waals surface area contributed by atoms with Gasteiger partial charge in [-0.3, -0.25) is 0 Å². The van der Waals surface area contributed by atoms with Crippen LogP contribution in [0.3, 0.4) is 0 Å². The van der Waals surface area contributed by atoms with E-state index in [9.17, 15) is 8.42 Å². The van der Waals surface area contributed by atoms with Gasteiger partial charge in [0.1, 0.15) is 0 Å². The average molecular weight is 243 g/mol. The van der Waals surface area contributed by atoms with Crippen molar-refractivity contribution in [2.45, 2.75) is 25.3 Å². The summed E-state index contributed by atoms with van der Waals surface area (Å²) in [5, 5.41) is 0. The Labute approximate surface area is 97.1 Å². The molecule has 0 aromatic heterocycles. The van der Waals surface area contributed by atoms with Crippen LogP contribution in [-0.2, 0) is 16.6 Å². The van der Waals surface area contributed by atoms with Crippen molar-refractivity contribution >= 4 is 10.0 Å². The Balaban J connectivity index is 3.07. The minimum atomic E-state index is -3.31. The molecule has 0 saturated heterocycles. The SMILES string of the molecule is CCN(CC)S(=O)(=O)c1ccc(C[NH3+])cc1. The van der Waals surface area contributed by atoms with E-state index in [1.807, 2.05) is 26.0 Å². The van der Waals surface area contributed by atoms with Gasteiger partial charge < -0.3 is 5.73 Å². The molecule has 0 amide bonds. The van der Waals surface area contributed by atoms with Crippen molar-refractivity contribution in [1.29, 1.82) is 0 Å². The normalized spacial score (nSPS) is 12.0. The predicted molar refractivity (Wildman–Crippen MR) is 63.1 cm³/mol. The Morgan fingerprint density at radius 3 is 2.00 bits per heavy atom. The molecular formula is C11H19N2O2S+. The summed E-state index contributed by atoms with van der Waals surface area (Å²) >= 11 is 0. The summed E-state index contributed by atoms with van der Waals surface area (Å²) in [5.74, 6) is 0. The topological polar surface area (TPSA) is 65.0 Å². The van der Waals surface area contributed by atoms with E-state index >= 15 is 0 Å². The third kappa shape index (κ3) is 2.61. The quantitative estimate of drug-likeness (QED) is 0.816. The fraction of sp³-hybridized carbons (Fsp3) is 0.455. The van der Waals surface area contributed by atoms with E-state index in [1.54, 1.807) is 12.1 Å². The van der Waals surface area contributed by atoms with Gasteiger partial charge in [-0.05, 0) is 12.1 Å². The number of rotatable bonds is 5. The number of hydrogen-bond donors (Lipinski definition) is 1. The van der Waals surface area contributed by atoms with Crippen molar-refractivity contribution in [3.8, 4) is 0 Å². The second-order valence-corrected chi connectivity index (χ2v) is 5.42. The van der Waals surface area contributed by atoms with E-state index < -0.39 is 10.0 Å². The Hall–Kier alpha value is -0.910. The molecule has 5 heteroatoms. The molecule has 0 saturated carbocycles. The van der Waals surface area contributed by atoms with Gasteiger partial charge in [0.15, 0.2) is 0 Å². The van der Waals surface area contributed by atoms with Gasteiger partial charge in [-0.2, -0.15) is 4.31 Å². The largest absolute Gasteiger partial charge is 0.354 e. The maximum absolute atomic E-state index is 12.1. The van der Waals surface area contributed by atoms with Gasteiger partial charge in [-0.15, -0.1) is 0 Å². The number of nitrogens with zero attached hydrogens (tertiary/aromatic N) is 1. The molecule has 0 heterocycles. The molecule has 0 atom stereocenters. The summed E-state index contributed by atoms with van der Waals surface area (Å²) in [6, 6.07) is 6.91. The molecule has 0 spiro atoms. The molecule has 3 N–H and O–H groups in total. The molecule has 0 bridgehead atoms. The van der Waals surface area contributed by atoms with Gasteiger partial charge in [0.2, 0.25) is 10.0 Å². The summed E-state index contributed by atoms with van der Waals surface area (Å²) in [5.41, 5.74) is 4.80. The van der Waals surface area contributed by atoms with Crippen LogP contribution < -0.4 is 5.73 Å². The van der Waals surface area contributed by atoms with Crippen LogP contribution in [0.25, 0.3) is 0 Å². The lowest BCUT2D eigenvalue weighted by atomic mass is 10.2. The summed E-state index contributed by atoms with van der Waals surface area (Å²) in [6.45, 7) is 5.34. The summed E-state index contributed by atoms with van der Waals surface area (Å²) < 4.78 is 25.7. The second-order valence-electron chi connectivity index (χ2n) is 3.48. The minimum Gasteiger partial charge on any atom is -0.354 e. The number of hydrogen-bond acceptors (Lipinski definition) is 2. The van der Waals surface area contributed by atoms with Crippen molar-refractivity contribution in [1.82, 2.24) is 4.31 Å². The Kier molecular flexibility index (Phi) is 4.46. The van der Waals surface area contributed by atoms with Gasteiger partial charge in [0.05, 0.1) is 11.4 Å². The molecule has 0 aliphatic heterocycles. The second kappa shape index (κ2) is 5.43. The zero-order valence-electron chi connectivity index (χ0n) is 9.81. The van der Waals surface area contributed by atoms with E-state index in [-0.39, 0.29) is 0 Å². The fourth-order valence-corrected chi connectivity index (χ4v) is 3.00. The van der Waals surface area contributed by atoms with E-state index in [2.05, 4.69) is 5.73 Å². The molecule has 16 heavy (non-hydrogen) atoms. The molecule has 0 radical (unpaired) electrons. The molecule has 0 aliphatic rings. The first-order valence-corrected chi connectivity index (χ1v) is 6.88. The summed E-state index contributed by atoms with van der Waals surface area (Å²) in [7, 11) is -3.31. The van der Waals surface area contributed by atoms with E-state index in [4.69, 9.17) is 0 Å². The lowest BCUT2D eigenvalue weighted by Crippen LogP contribution is -2.47. The van der Waals surface area contributed by atoms with Crippen molar-refractivity contribution in [3.63, 3.8) is 0 Å². The zero-order valence-corrected chi connectivity index (χ0v) is 10.6. The van der Waals surface area contributed by atoms with Crippen LogP contribution in [-0.4, -0.2) is 25.8 Å². The van der Waals surface area contributed by atoms with Gasteiger partial charge in [-0.25, -0.2) is 8.42 Å². The monoisotopic (exact) mass is 243 g/mol. The minimum absolute atomic E-state index is 0.355. The number of benzene rings is 1.